The van der Waals surface area contributed by atoms with Gasteiger partial charge < -0.3 is 5.32 Å². The number of carbonyl (C=O) groups is 1. The van der Waals surface area contributed by atoms with E-state index in [1.165, 1.54) is 0 Å². The number of benzene rings is 1. The van der Waals surface area contributed by atoms with Gasteiger partial charge in [-0.25, -0.2) is 4.68 Å². The molecule has 116 valence electrons. The molecular formula is C17H17N5O. The van der Waals surface area contributed by atoms with Crippen LogP contribution in [0.2, 0.25) is 0 Å². The second kappa shape index (κ2) is 6.83. The van der Waals surface area contributed by atoms with Crippen molar-refractivity contribution in [3.8, 4) is 5.69 Å². The van der Waals surface area contributed by atoms with Crippen LogP contribution in [0, 0.1) is 6.92 Å². The largest absolute Gasteiger partial charge is 0.350 e. The molecule has 0 saturated heterocycles. The maximum Gasteiger partial charge on any atom is 0.224 e. The molecule has 3 rings (SSSR count). The Balaban J connectivity index is 1.56. The van der Waals surface area contributed by atoms with Crippen LogP contribution in [-0.4, -0.2) is 25.9 Å². The molecule has 6 nitrogen and oxygen atoms in total. The maximum atomic E-state index is 12.0. The number of rotatable bonds is 5. The van der Waals surface area contributed by atoms with E-state index in [1.807, 2.05) is 43.3 Å². The number of carbonyl (C=O) groups excluding carboxylic acids is 1. The smallest absolute Gasteiger partial charge is 0.224 e. The van der Waals surface area contributed by atoms with E-state index in [1.54, 1.807) is 23.3 Å². The Hall–Kier alpha value is -3.02. The number of nitrogens with zero attached hydrogens (tertiary/aromatic N) is 4. The zero-order chi connectivity index (χ0) is 16.1. The van der Waals surface area contributed by atoms with E-state index < -0.39 is 0 Å². The number of amides is 1. The zero-order valence-corrected chi connectivity index (χ0v) is 12.8. The lowest BCUT2D eigenvalue weighted by atomic mass is 10.1. The number of hydrogen-bond donors (Lipinski definition) is 1. The van der Waals surface area contributed by atoms with Crippen LogP contribution in [0.5, 0.6) is 0 Å². The SMILES string of the molecule is Cc1cccc(CC(=O)NCc2cn(-c3cccnc3)nn2)c1. The first-order valence-electron chi connectivity index (χ1n) is 7.34. The second-order valence-electron chi connectivity index (χ2n) is 5.31. The lowest BCUT2D eigenvalue weighted by Gasteiger charge is -2.04. The fourth-order valence-electron chi connectivity index (χ4n) is 2.25. The third-order valence-electron chi connectivity index (χ3n) is 3.37. The molecule has 23 heavy (non-hydrogen) atoms. The molecule has 1 aromatic carbocycles. The quantitative estimate of drug-likeness (QED) is 0.780. The fourth-order valence-corrected chi connectivity index (χ4v) is 2.25. The average molecular weight is 307 g/mol. The standard InChI is InChI=1S/C17H17N5O/c1-13-4-2-5-14(8-13)9-17(23)19-10-15-12-22(21-20-15)16-6-3-7-18-11-16/h2-8,11-12H,9-10H2,1H3,(H,19,23). The first-order chi connectivity index (χ1) is 11.2. The van der Waals surface area contributed by atoms with Crippen molar-refractivity contribution >= 4 is 5.91 Å². The van der Waals surface area contributed by atoms with Crippen LogP contribution >= 0.6 is 0 Å². The topological polar surface area (TPSA) is 72.7 Å². The lowest BCUT2D eigenvalue weighted by Crippen LogP contribution is -2.24. The molecule has 3 aromatic rings. The summed E-state index contributed by atoms with van der Waals surface area (Å²) in [5.41, 5.74) is 3.68. The molecule has 1 amide bonds. The number of pyridine rings is 1. The van der Waals surface area contributed by atoms with Gasteiger partial charge in [0.05, 0.1) is 31.0 Å². The number of nitrogens with one attached hydrogen (secondary N) is 1. The predicted octanol–water partition coefficient (Wildman–Crippen LogP) is 1.83. The summed E-state index contributed by atoms with van der Waals surface area (Å²) in [5.74, 6) is -0.0356. The van der Waals surface area contributed by atoms with Crippen molar-refractivity contribution in [2.24, 2.45) is 0 Å². The van der Waals surface area contributed by atoms with Crippen molar-refractivity contribution in [1.29, 1.82) is 0 Å². The summed E-state index contributed by atoms with van der Waals surface area (Å²) < 4.78 is 1.63. The molecule has 0 aliphatic heterocycles. The molecule has 2 heterocycles. The van der Waals surface area contributed by atoms with Gasteiger partial charge in [-0.15, -0.1) is 5.10 Å². The Kier molecular flexibility index (Phi) is 4.42. The van der Waals surface area contributed by atoms with E-state index in [2.05, 4.69) is 20.6 Å². The fraction of sp³-hybridized carbons (Fsp3) is 0.176. The molecule has 0 spiro atoms. The summed E-state index contributed by atoms with van der Waals surface area (Å²) in [6.45, 7) is 2.36. The van der Waals surface area contributed by atoms with E-state index in [9.17, 15) is 4.79 Å². The summed E-state index contributed by atoms with van der Waals surface area (Å²) >= 11 is 0. The van der Waals surface area contributed by atoms with Gasteiger partial charge in [-0.2, -0.15) is 0 Å². The first kappa shape index (κ1) is 14.9. The van der Waals surface area contributed by atoms with E-state index >= 15 is 0 Å². The van der Waals surface area contributed by atoms with Crippen LogP contribution < -0.4 is 5.32 Å². The molecule has 0 aliphatic rings. The van der Waals surface area contributed by atoms with Gasteiger partial charge >= 0.3 is 0 Å². The summed E-state index contributed by atoms with van der Waals surface area (Å²) in [7, 11) is 0. The average Bonchev–Trinajstić information content (AvgIpc) is 3.03. The molecule has 2 aromatic heterocycles. The van der Waals surface area contributed by atoms with Crippen LogP contribution in [0.3, 0.4) is 0 Å². The first-order valence-corrected chi connectivity index (χ1v) is 7.34. The van der Waals surface area contributed by atoms with Crippen molar-refractivity contribution in [3.63, 3.8) is 0 Å². The van der Waals surface area contributed by atoms with Crippen molar-refractivity contribution < 1.29 is 4.79 Å². The van der Waals surface area contributed by atoms with Gasteiger partial charge in [0.2, 0.25) is 5.91 Å². The highest BCUT2D eigenvalue weighted by atomic mass is 16.1. The summed E-state index contributed by atoms with van der Waals surface area (Å²) in [6.07, 6.45) is 5.55. The number of aromatic nitrogens is 4. The van der Waals surface area contributed by atoms with Gasteiger partial charge in [0.1, 0.15) is 5.69 Å². The molecule has 0 bridgehead atoms. The van der Waals surface area contributed by atoms with Gasteiger partial charge in [-0.1, -0.05) is 35.0 Å². The predicted molar refractivity (Wildman–Crippen MR) is 85.9 cm³/mol. The van der Waals surface area contributed by atoms with Crippen LogP contribution in [0.4, 0.5) is 0 Å². The Morgan fingerprint density at radius 2 is 2.17 bits per heavy atom. The van der Waals surface area contributed by atoms with Crippen molar-refractivity contribution in [2.45, 2.75) is 19.9 Å². The van der Waals surface area contributed by atoms with E-state index in [0.717, 1.165) is 16.8 Å². The normalized spacial score (nSPS) is 10.5. The van der Waals surface area contributed by atoms with Crippen LogP contribution in [0.1, 0.15) is 16.8 Å². The molecule has 0 unspecified atom stereocenters. The zero-order valence-electron chi connectivity index (χ0n) is 12.8. The van der Waals surface area contributed by atoms with Gasteiger partial charge in [0, 0.05) is 6.20 Å². The molecule has 0 saturated carbocycles. The molecule has 0 radical (unpaired) electrons. The molecular weight excluding hydrogens is 290 g/mol. The second-order valence-corrected chi connectivity index (χ2v) is 5.31. The van der Waals surface area contributed by atoms with Crippen LogP contribution in [0.25, 0.3) is 5.69 Å². The minimum absolute atomic E-state index is 0.0356. The van der Waals surface area contributed by atoms with Crippen molar-refractivity contribution in [3.05, 3.63) is 71.8 Å². The third-order valence-corrected chi connectivity index (χ3v) is 3.37. The third kappa shape index (κ3) is 4.00. The van der Waals surface area contributed by atoms with E-state index in [-0.39, 0.29) is 5.91 Å². The van der Waals surface area contributed by atoms with Gasteiger partial charge in [0.25, 0.3) is 0 Å². The lowest BCUT2D eigenvalue weighted by molar-refractivity contribution is -0.120. The minimum atomic E-state index is -0.0356. The summed E-state index contributed by atoms with van der Waals surface area (Å²) in [4.78, 5) is 16.0. The maximum absolute atomic E-state index is 12.0. The van der Waals surface area contributed by atoms with Gasteiger partial charge in [0.15, 0.2) is 0 Å². The van der Waals surface area contributed by atoms with Gasteiger partial charge in [-0.3, -0.25) is 9.78 Å². The Bertz CT molecular complexity index is 798. The monoisotopic (exact) mass is 307 g/mol. The Morgan fingerprint density at radius 3 is 2.96 bits per heavy atom. The Labute approximate surface area is 134 Å². The molecule has 0 aliphatic carbocycles. The minimum Gasteiger partial charge on any atom is -0.350 e. The Morgan fingerprint density at radius 1 is 1.26 bits per heavy atom. The summed E-state index contributed by atoms with van der Waals surface area (Å²) in [5, 5.41) is 11.0. The highest BCUT2D eigenvalue weighted by Gasteiger charge is 2.06. The summed E-state index contributed by atoms with van der Waals surface area (Å²) in [6, 6.07) is 11.7. The molecule has 0 atom stereocenters. The van der Waals surface area contributed by atoms with Crippen LogP contribution in [0.15, 0.2) is 55.0 Å². The molecule has 1 N–H and O–H groups in total. The highest BCUT2D eigenvalue weighted by molar-refractivity contribution is 5.78. The van der Waals surface area contributed by atoms with E-state index in [4.69, 9.17) is 0 Å². The highest BCUT2D eigenvalue weighted by Crippen LogP contribution is 2.06. The molecule has 6 heteroatoms. The molecule has 0 fully saturated rings. The van der Waals surface area contributed by atoms with Gasteiger partial charge in [-0.05, 0) is 24.6 Å². The van der Waals surface area contributed by atoms with E-state index in [0.29, 0.717) is 18.7 Å². The van der Waals surface area contributed by atoms with Crippen LogP contribution in [-0.2, 0) is 17.8 Å². The van der Waals surface area contributed by atoms with Crippen molar-refractivity contribution in [1.82, 2.24) is 25.3 Å². The number of hydrogen-bond acceptors (Lipinski definition) is 4. The number of aryl methyl sites for hydroxylation is 1. The van der Waals surface area contributed by atoms with Crippen molar-refractivity contribution in [2.75, 3.05) is 0 Å².